The lowest BCUT2D eigenvalue weighted by molar-refractivity contribution is 0.456. The maximum Gasteiger partial charge on any atom is 0.219 e. The summed E-state index contributed by atoms with van der Waals surface area (Å²) in [5, 5.41) is 3.22. The minimum absolute atomic E-state index is 0.278. The van der Waals surface area contributed by atoms with Crippen LogP contribution in [-0.4, -0.2) is 12.0 Å². The first-order chi connectivity index (χ1) is 9.51. The third-order valence-electron chi connectivity index (χ3n) is 3.67. The Balaban J connectivity index is 2.31. The number of pyridine rings is 1. The first-order valence-electron chi connectivity index (χ1n) is 6.90. The van der Waals surface area contributed by atoms with E-state index in [1.54, 1.807) is 6.20 Å². The van der Waals surface area contributed by atoms with Gasteiger partial charge in [-0.25, -0.2) is 4.98 Å². The van der Waals surface area contributed by atoms with Gasteiger partial charge in [-0.05, 0) is 69.1 Å². The number of nitrogens with one attached hydrogen (secondary N) is 1. The summed E-state index contributed by atoms with van der Waals surface area (Å²) in [6.07, 6.45) is 1.79. The number of rotatable bonds is 4. The molecular weight excluding hydrogens is 248 g/mol. The largest absolute Gasteiger partial charge is 0.439 e. The van der Waals surface area contributed by atoms with Crippen molar-refractivity contribution in [2.45, 2.75) is 33.7 Å². The van der Waals surface area contributed by atoms with E-state index >= 15 is 0 Å². The van der Waals surface area contributed by atoms with Crippen LogP contribution in [0.5, 0.6) is 11.6 Å². The maximum absolute atomic E-state index is 5.97. The Morgan fingerprint density at radius 1 is 1.15 bits per heavy atom. The summed E-state index contributed by atoms with van der Waals surface area (Å²) in [7, 11) is 1.94. The van der Waals surface area contributed by atoms with E-state index in [0.717, 1.165) is 11.3 Å². The van der Waals surface area contributed by atoms with Crippen LogP contribution in [0.15, 0.2) is 30.5 Å². The summed E-state index contributed by atoms with van der Waals surface area (Å²) in [6, 6.07) is 8.48. The zero-order valence-electron chi connectivity index (χ0n) is 12.8. The van der Waals surface area contributed by atoms with Gasteiger partial charge in [-0.15, -0.1) is 0 Å². The third kappa shape index (κ3) is 3.17. The first kappa shape index (κ1) is 14.5. The van der Waals surface area contributed by atoms with Crippen LogP contribution in [0.3, 0.4) is 0 Å². The van der Waals surface area contributed by atoms with E-state index in [0.29, 0.717) is 5.88 Å². The van der Waals surface area contributed by atoms with Gasteiger partial charge in [-0.2, -0.15) is 0 Å². The fourth-order valence-electron chi connectivity index (χ4n) is 2.14. The van der Waals surface area contributed by atoms with Crippen LogP contribution in [0.1, 0.15) is 35.2 Å². The second kappa shape index (κ2) is 6.06. The highest BCUT2D eigenvalue weighted by Gasteiger charge is 2.08. The smallest absolute Gasteiger partial charge is 0.219 e. The van der Waals surface area contributed by atoms with Gasteiger partial charge in [-0.1, -0.05) is 6.07 Å². The van der Waals surface area contributed by atoms with Crippen molar-refractivity contribution < 1.29 is 4.74 Å². The van der Waals surface area contributed by atoms with Crippen LogP contribution in [0.25, 0.3) is 0 Å². The topological polar surface area (TPSA) is 34.2 Å². The molecule has 1 heterocycles. The molecule has 1 aromatic carbocycles. The molecule has 0 fully saturated rings. The van der Waals surface area contributed by atoms with Gasteiger partial charge in [0.25, 0.3) is 0 Å². The Hall–Kier alpha value is -1.87. The van der Waals surface area contributed by atoms with Gasteiger partial charge < -0.3 is 10.1 Å². The number of benzene rings is 1. The second-order valence-electron chi connectivity index (χ2n) is 5.24. The molecule has 0 aliphatic carbocycles. The van der Waals surface area contributed by atoms with Crippen molar-refractivity contribution >= 4 is 0 Å². The van der Waals surface area contributed by atoms with Gasteiger partial charge in [-0.3, -0.25) is 0 Å². The lowest BCUT2D eigenvalue weighted by Gasteiger charge is -2.14. The highest BCUT2D eigenvalue weighted by atomic mass is 16.5. The molecule has 2 aromatic rings. The molecular formula is C17H22N2O. The Kier molecular flexibility index (Phi) is 4.40. The van der Waals surface area contributed by atoms with Crippen LogP contribution in [0.4, 0.5) is 0 Å². The monoisotopic (exact) mass is 270 g/mol. The molecule has 0 saturated heterocycles. The molecule has 0 radical (unpaired) electrons. The molecule has 0 amide bonds. The van der Waals surface area contributed by atoms with Crippen molar-refractivity contribution in [2.24, 2.45) is 0 Å². The summed E-state index contributed by atoms with van der Waals surface area (Å²) in [6.45, 7) is 8.36. The second-order valence-corrected chi connectivity index (χ2v) is 5.24. The minimum atomic E-state index is 0.278. The van der Waals surface area contributed by atoms with Crippen LogP contribution in [0.2, 0.25) is 0 Å². The zero-order valence-corrected chi connectivity index (χ0v) is 12.8. The average molecular weight is 270 g/mol. The van der Waals surface area contributed by atoms with E-state index in [1.165, 1.54) is 16.7 Å². The SMILES string of the molecule is CNC(C)c1ccnc(Oc2cc(C)cc(C)c2C)c1. The van der Waals surface area contributed by atoms with Crippen molar-refractivity contribution in [1.82, 2.24) is 10.3 Å². The van der Waals surface area contributed by atoms with Crippen molar-refractivity contribution in [3.05, 3.63) is 52.7 Å². The fourth-order valence-corrected chi connectivity index (χ4v) is 2.14. The van der Waals surface area contributed by atoms with Crippen molar-refractivity contribution in [2.75, 3.05) is 7.05 Å². The molecule has 3 heteroatoms. The highest BCUT2D eigenvalue weighted by Crippen LogP contribution is 2.28. The molecule has 106 valence electrons. The number of nitrogens with zero attached hydrogens (tertiary/aromatic N) is 1. The van der Waals surface area contributed by atoms with E-state index in [9.17, 15) is 0 Å². The summed E-state index contributed by atoms with van der Waals surface area (Å²) in [4.78, 5) is 4.30. The molecule has 0 aliphatic rings. The molecule has 20 heavy (non-hydrogen) atoms. The lowest BCUT2D eigenvalue weighted by Crippen LogP contribution is -2.12. The standard InChI is InChI=1S/C17H22N2O/c1-11-8-12(2)13(3)16(9-11)20-17-10-15(6-7-19-17)14(4)18-5/h6-10,14,18H,1-5H3. The molecule has 0 spiro atoms. The number of ether oxygens (including phenoxy) is 1. The van der Waals surface area contributed by atoms with Crippen LogP contribution >= 0.6 is 0 Å². The summed E-state index contributed by atoms with van der Waals surface area (Å²) in [5.74, 6) is 1.52. The molecule has 0 saturated carbocycles. The summed E-state index contributed by atoms with van der Waals surface area (Å²) >= 11 is 0. The van der Waals surface area contributed by atoms with Gasteiger partial charge in [0.15, 0.2) is 0 Å². The Bertz CT molecular complexity index is 608. The molecule has 1 N–H and O–H groups in total. The lowest BCUT2D eigenvalue weighted by atomic mass is 10.1. The Labute approximate surface area is 121 Å². The number of hydrogen-bond acceptors (Lipinski definition) is 3. The number of hydrogen-bond donors (Lipinski definition) is 1. The summed E-state index contributed by atoms with van der Waals surface area (Å²) in [5.41, 5.74) is 4.76. The molecule has 1 atom stereocenters. The first-order valence-corrected chi connectivity index (χ1v) is 6.90. The van der Waals surface area contributed by atoms with E-state index in [-0.39, 0.29) is 6.04 Å². The quantitative estimate of drug-likeness (QED) is 0.909. The number of aryl methyl sites for hydroxylation is 2. The summed E-state index contributed by atoms with van der Waals surface area (Å²) < 4.78 is 5.97. The molecule has 0 bridgehead atoms. The van der Waals surface area contributed by atoms with Crippen LogP contribution < -0.4 is 10.1 Å². The Morgan fingerprint density at radius 2 is 1.90 bits per heavy atom. The zero-order chi connectivity index (χ0) is 14.7. The van der Waals surface area contributed by atoms with E-state index < -0.39 is 0 Å². The fraction of sp³-hybridized carbons (Fsp3) is 0.353. The minimum Gasteiger partial charge on any atom is -0.439 e. The predicted octanol–water partition coefficient (Wildman–Crippen LogP) is 4.08. The van der Waals surface area contributed by atoms with Crippen LogP contribution in [-0.2, 0) is 0 Å². The third-order valence-corrected chi connectivity index (χ3v) is 3.67. The highest BCUT2D eigenvalue weighted by molar-refractivity contribution is 5.43. The normalized spacial score (nSPS) is 12.2. The van der Waals surface area contributed by atoms with Gasteiger partial charge in [0.05, 0.1) is 0 Å². The van der Waals surface area contributed by atoms with Gasteiger partial charge >= 0.3 is 0 Å². The maximum atomic E-state index is 5.97. The van der Waals surface area contributed by atoms with Crippen molar-refractivity contribution in [1.29, 1.82) is 0 Å². The van der Waals surface area contributed by atoms with Gasteiger partial charge in [0.2, 0.25) is 5.88 Å². The van der Waals surface area contributed by atoms with E-state index in [2.05, 4.69) is 50.1 Å². The van der Waals surface area contributed by atoms with Crippen molar-refractivity contribution in [3.8, 4) is 11.6 Å². The Morgan fingerprint density at radius 3 is 2.60 bits per heavy atom. The van der Waals surface area contributed by atoms with Gasteiger partial charge in [0, 0.05) is 18.3 Å². The van der Waals surface area contributed by atoms with Crippen LogP contribution in [0, 0.1) is 20.8 Å². The molecule has 3 nitrogen and oxygen atoms in total. The van der Waals surface area contributed by atoms with E-state index in [4.69, 9.17) is 4.74 Å². The average Bonchev–Trinajstić information content (AvgIpc) is 2.43. The molecule has 0 aliphatic heterocycles. The molecule has 1 aromatic heterocycles. The van der Waals surface area contributed by atoms with Crippen molar-refractivity contribution in [3.63, 3.8) is 0 Å². The number of aromatic nitrogens is 1. The van der Waals surface area contributed by atoms with Gasteiger partial charge in [0.1, 0.15) is 5.75 Å². The molecule has 2 rings (SSSR count). The van der Waals surface area contributed by atoms with E-state index in [1.807, 2.05) is 19.2 Å². The predicted molar refractivity (Wildman–Crippen MR) is 82.4 cm³/mol. The molecule has 1 unspecified atom stereocenters.